The molecule has 5 fully saturated rings. The van der Waals surface area contributed by atoms with E-state index in [-0.39, 0.29) is 59.5 Å². The third kappa shape index (κ3) is 7.46. The van der Waals surface area contributed by atoms with Gasteiger partial charge in [-0.2, -0.15) is 0 Å². The van der Waals surface area contributed by atoms with Crippen molar-refractivity contribution in [3.05, 3.63) is 52.1 Å². The molecule has 8 rings (SSSR count). The van der Waals surface area contributed by atoms with Gasteiger partial charge in [-0.25, -0.2) is 0 Å². The van der Waals surface area contributed by atoms with Gasteiger partial charge in [0.15, 0.2) is 41.8 Å². The highest BCUT2D eigenvalue weighted by Crippen LogP contribution is 2.53. The fourth-order valence-electron chi connectivity index (χ4n) is 10.0. The molecule has 59 heavy (non-hydrogen) atoms. The first kappa shape index (κ1) is 42.7. The molecule has 6 N–H and O–H groups in total. The molecule has 4 aliphatic heterocycles. The van der Waals surface area contributed by atoms with Crippen LogP contribution in [-0.4, -0.2) is 139 Å². The Kier molecular flexibility index (Phi) is 11.4. The maximum Gasteiger partial charge on any atom is 0.198 e. The molecule has 4 heterocycles. The summed E-state index contributed by atoms with van der Waals surface area (Å²) in [5, 5.41) is 66.1. The summed E-state index contributed by atoms with van der Waals surface area (Å²) >= 11 is 0. The number of benzene rings is 1. The van der Waals surface area contributed by atoms with E-state index in [2.05, 4.69) is 0 Å². The van der Waals surface area contributed by atoms with Crippen molar-refractivity contribution in [2.24, 2.45) is 0 Å². The van der Waals surface area contributed by atoms with Crippen LogP contribution in [0.5, 0.6) is 5.75 Å². The SMILES string of the molecule is CC1OC(OC2CCC(OC3CCC(OC4(C)CC(=O)C5(O)C6=C(C=CC5(O)C4)C(=O)c4c(ccc(C5CC(O)C(O)C(C)O5)c4O)C6=O)OC3C)OC2C)CCC1O. The quantitative estimate of drug-likeness (QED) is 0.232. The number of phenols is 1. The topological polar surface area (TPSA) is 237 Å². The van der Waals surface area contributed by atoms with E-state index in [0.29, 0.717) is 38.5 Å². The monoisotopic (exact) mass is 828 g/mol. The number of ketones is 3. The Bertz CT molecular complexity index is 1900. The normalized spacial score (nSPS) is 45.2. The standard InChI is InChI=1S/C43H56O16/c1-19-26(44)8-11-32(54-19)57-28-9-12-33(55-20(28)2)58-29-10-13-34(56-21(29)3)59-41(5)17-31(46)43(52)36-25(14-15-42(43,51)18-41)39(49)35-24(40(36)50)7-6-23(38(35)48)30-16-27(45)37(47)22(4)53-30/h6-7,14-15,19-22,26-30,32-34,37,44-45,47-48,51-52H,8-13,16-18H2,1-5H3. The van der Waals surface area contributed by atoms with Gasteiger partial charge >= 0.3 is 0 Å². The van der Waals surface area contributed by atoms with Crippen molar-refractivity contribution < 1.29 is 78.2 Å². The van der Waals surface area contributed by atoms with Crippen LogP contribution in [0.3, 0.4) is 0 Å². The Labute approximate surface area is 342 Å². The summed E-state index contributed by atoms with van der Waals surface area (Å²) in [6.07, 6.45) is -2.64. The van der Waals surface area contributed by atoms with Crippen LogP contribution < -0.4 is 0 Å². The molecule has 324 valence electrons. The van der Waals surface area contributed by atoms with E-state index >= 15 is 0 Å². The lowest BCUT2D eigenvalue weighted by Crippen LogP contribution is -2.69. The third-order valence-corrected chi connectivity index (χ3v) is 13.4. The van der Waals surface area contributed by atoms with E-state index in [1.165, 1.54) is 18.2 Å². The Morgan fingerprint density at radius 1 is 0.729 bits per heavy atom. The number of hydrogen-bond acceptors (Lipinski definition) is 16. The molecule has 0 amide bonds. The maximum absolute atomic E-state index is 14.2. The lowest BCUT2D eigenvalue weighted by Gasteiger charge is -2.53. The number of aliphatic hydroxyl groups excluding tert-OH is 3. The van der Waals surface area contributed by atoms with Crippen LogP contribution in [-0.2, 0) is 38.0 Å². The van der Waals surface area contributed by atoms with E-state index in [0.717, 1.165) is 6.08 Å². The zero-order chi connectivity index (χ0) is 42.3. The third-order valence-electron chi connectivity index (χ3n) is 13.4. The number of allylic oxidation sites excluding steroid dienone is 2. The number of aliphatic hydroxyl groups is 5. The number of fused-ring (bicyclic) bond motifs is 3. The summed E-state index contributed by atoms with van der Waals surface area (Å²) < 4.78 is 43.0. The lowest BCUT2D eigenvalue weighted by atomic mass is 9.57. The number of carbonyl (C=O) groups is 3. The number of phenolic OH excluding ortho intramolecular Hbond substituents is 1. The highest BCUT2D eigenvalue weighted by atomic mass is 16.7. The van der Waals surface area contributed by atoms with E-state index in [4.69, 9.17) is 33.2 Å². The number of aromatic hydroxyl groups is 1. The van der Waals surface area contributed by atoms with Gasteiger partial charge in [0.2, 0.25) is 0 Å². The molecular weight excluding hydrogens is 772 g/mol. The molecule has 4 saturated heterocycles. The summed E-state index contributed by atoms with van der Waals surface area (Å²) in [5.74, 6) is -3.22. The molecule has 0 aromatic heterocycles. The first-order chi connectivity index (χ1) is 27.8. The van der Waals surface area contributed by atoms with E-state index < -0.39 is 107 Å². The van der Waals surface area contributed by atoms with Crippen molar-refractivity contribution in [3.8, 4) is 5.75 Å². The molecule has 1 aromatic carbocycles. The lowest BCUT2D eigenvalue weighted by molar-refractivity contribution is -0.313. The molecule has 0 bridgehead atoms. The fourth-order valence-corrected chi connectivity index (χ4v) is 10.0. The molecule has 1 aromatic rings. The summed E-state index contributed by atoms with van der Waals surface area (Å²) in [6.45, 7) is 8.80. The summed E-state index contributed by atoms with van der Waals surface area (Å²) in [4.78, 5) is 42.3. The highest BCUT2D eigenvalue weighted by Gasteiger charge is 2.67. The molecule has 16 unspecified atom stereocenters. The molecule has 16 heteroatoms. The number of rotatable bonds is 7. The predicted molar refractivity (Wildman–Crippen MR) is 203 cm³/mol. The van der Waals surface area contributed by atoms with Crippen LogP contribution in [0, 0.1) is 0 Å². The van der Waals surface area contributed by atoms with Gasteiger partial charge in [-0.15, -0.1) is 0 Å². The molecule has 7 aliphatic rings. The van der Waals surface area contributed by atoms with Crippen LogP contribution in [0.25, 0.3) is 0 Å². The van der Waals surface area contributed by atoms with Crippen LogP contribution >= 0.6 is 0 Å². The van der Waals surface area contributed by atoms with E-state index in [1.807, 2.05) is 20.8 Å². The second-order valence-electron chi connectivity index (χ2n) is 17.8. The molecule has 1 saturated carbocycles. The summed E-state index contributed by atoms with van der Waals surface area (Å²) in [7, 11) is 0. The predicted octanol–water partition coefficient (Wildman–Crippen LogP) is 2.52. The van der Waals surface area contributed by atoms with Crippen LogP contribution in [0.4, 0.5) is 0 Å². The molecular formula is C43H56O16. The zero-order valence-electron chi connectivity index (χ0n) is 33.9. The fraction of sp³-hybridized carbons (Fsp3) is 0.698. The molecule has 16 atom stereocenters. The van der Waals surface area contributed by atoms with Crippen molar-refractivity contribution >= 4 is 17.3 Å². The molecule has 16 nitrogen and oxygen atoms in total. The van der Waals surface area contributed by atoms with Gasteiger partial charge in [-0.1, -0.05) is 12.1 Å². The van der Waals surface area contributed by atoms with E-state index in [1.54, 1.807) is 13.8 Å². The van der Waals surface area contributed by atoms with Crippen molar-refractivity contribution in [2.45, 2.75) is 189 Å². The van der Waals surface area contributed by atoms with E-state index in [9.17, 15) is 45.0 Å². The van der Waals surface area contributed by atoms with Gasteiger partial charge in [0.05, 0.1) is 71.7 Å². The van der Waals surface area contributed by atoms with Gasteiger partial charge in [0, 0.05) is 55.2 Å². The Balaban J connectivity index is 0.904. The van der Waals surface area contributed by atoms with Crippen molar-refractivity contribution in [3.63, 3.8) is 0 Å². The van der Waals surface area contributed by atoms with Crippen LogP contribution in [0.2, 0.25) is 0 Å². The Morgan fingerprint density at radius 3 is 1.97 bits per heavy atom. The minimum Gasteiger partial charge on any atom is -0.507 e. The number of Topliss-reactive ketones (excluding diaryl/α,β-unsaturated/α-hetero) is 3. The van der Waals surface area contributed by atoms with Crippen LogP contribution in [0.15, 0.2) is 35.4 Å². The average molecular weight is 829 g/mol. The van der Waals surface area contributed by atoms with Gasteiger partial charge in [0.25, 0.3) is 0 Å². The first-order valence-electron chi connectivity index (χ1n) is 20.8. The van der Waals surface area contributed by atoms with Crippen molar-refractivity contribution in [1.82, 2.24) is 0 Å². The largest absolute Gasteiger partial charge is 0.507 e. The Morgan fingerprint density at radius 2 is 1.34 bits per heavy atom. The van der Waals surface area contributed by atoms with Gasteiger partial charge in [-0.05, 0) is 66.0 Å². The number of ether oxygens (including phenoxy) is 7. The Hall–Kier alpha value is -2.97. The summed E-state index contributed by atoms with van der Waals surface area (Å²) in [5.41, 5.74) is -7.90. The maximum atomic E-state index is 14.2. The van der Waals surface area contributed by atoms with Crippen molar-refractivity contribution in [1.29, 1.82) is 0 Å². The molecule has 0 radical (unpaired) electrons. The second kappa shape index (κ2) is 15.7. The summed E-state index contributed by atoms with van der Waals surface area (Å²) in [6, 6.07) is 2.65. The number of carbonyl (C=O) groups excluding carboxylic acids is 3. The van der Waals surface area contributed by atoms with Crippen LogP contribution in [0.1, 0.15) is 125 Å². The minimum atomic E-state index is -2.80. The first-order valence-corrected chi connectivity index (χ1v) is 20.8. The number of hydrogen-bond donors (Lipinski definition) is 6. The zero-order valence-corrected chi connectivity index (χ0v) is 33.9. The van der Waals surface area contributed by atoms with Gasteiger partial charge in [-0.3, -0.25) is 14.4 Å². The smallest absolute Gasteiger partial charge is 0.198 e. The second-order valence-corrected chi connectivity index (χ2v) is 17.8. The van der Waals surface area contributed by atoms with Crippen molar-refractivity contribution in [2.75, 3.05) is 0 Å². The molecule has 3 aliphatic carbocycles. The molecule has 0 spiro atoms. The average Bonchev–Trinajstić information content (AvgIpc) is 3.16. The van der Waals surface area contributed by atoms with Gasteiger partial charge < -0.3 is 63.8 Å². The van der Waals surface area contributed by atoms with Gasteiger partial charge in [0.1, 0.15) is 17.5 Å². The minimum absolute atomic E-state index is 0.0779. The highest BCUT2D eigenvalue weighted by molar-refractivity contribution is 6.32.